The number of nitrogens with zero attached hydrogens (tertiary/aromatic N) is 4. The highest BCUT2D eigenvalue weighted by atomic mass is 16.5. The predicted octanol–water partition coefficient (Wildman–Crippen LogP) is 1.34. The van der Waals surface area contributed by atoms with E-state index >= 15 is 0 Å². The molecule has 9 nitrogen and oxygen atoms in total. The number of ether oxygens (including phenoxy) is 1. The van der Waals surface area contributed by atoms with E-state index in [1.54, 1.807) is 48.5 Å². The molecule has 0 bridgehead atoms. The first-order valence-electron chi connectivity index (χ1n) is 9.10. The second-order valence-electron chi connectivity index (χ2n) is 6.38. The standard InChI is InChI=1S/C19H24N6O3/c1-14(17(26)23-15-6-3-4-7-16(15)28-2)22-19(27)25-12-10-24(11-13-25)18-20-8-5-9-21-18/h3-9,14H,10-13H2,1-2H3,(H,22,27)(H,23,26)/t14-/m1/s1. The van der Waals surface area contributed by atoms with E-state index in [1.165, 1.54) is 7.11 Å². The summed E-state index contributed by atoms with van der Waals surface area (Å²) >= 11 is 0. The number of para-hydroxylation sites is 2. The van der Waals surface area contributed by atoms with E-state index in [9.17, 15) is 9.59 Å². The molecule has 2 N–H and O–H groups in total. The number of rotatable bonds is 5. The zero-order valence-corrected chi connectivity index (χ0v) is 16.0. The lowest BCUT2D eigenvalue weighted by Gasteiger charge is -2.35. The molecule has 1 aliphatic heterocycles. The Morgan fingerprint density at radius 3 is 2.43 bits per heavy atom. The minimum atomic E-state index is -0.687. The van der Waals surface area contributed by atoms with Gasteiger partial charge in [-0.15, -0.1) is 0 Å². The number of piperazine rings is 1. The summed E-state index contributed by atoms with van der Waals surface area (Å²) in [6, 6.07) is 7.94. The van der Waals surface area contributed by atoms with Crippen molar-refractivity contribution in [1.29, 1.82) is 0 Å². The maximum Gasteiger partial charge on any atom is 0.318 e. The Morgan fingerprint density at radius 2 is 1.75 bits per heavy atom. The number of nitrogens with one attached hydrogen (secondary N) is 2. The van der Waals surface area contributed by atoms with Crippen molar-refractivity contribution in [2.45, 2.75) is 13.0 Å². The lowest BCUT2D eigenvalue weighted by molar-refractivity contribution is -0.117. The Morgan fingerprint density at radius 1 is 1.07 bits per heavy atom. The first kappa shape index (κ1) is 19.4. The summed E-state index contributed by atoms with van der Waals surface area (Å²) in [5.74, 6) is 0.912. The topological polar surface area (TPSA) is 99.7 Å². The molecule has 28 heavy (non-hydrogen) atoms. The van der Waals surface area contributed by atoms with Crippen molar-refractivity contribution >= 4 is 23.6 Å². The lowest BCUT2D eigenvalue weighted by atomic mass is 10.2. The highest BCUT2D eigenvalue weighted by Gasteiger charge is 2.25. The Hall–Kier alpha value is -3.36. The highest BCUT2D eigenvalue weighted by Crippen LogP contribution is 2.23. The van der Waals surface area contributed by atoms with Crippen LogP contribution in [-0.2, 0) is 4.79 Å². The van der Waals surface area contributed by atoms with Crippen LogP contribution in [0.4, 0.5) is 16.4 Å². The molecule has 1 fully saturated rings. The number of benzene rings is 1. The van der Waals surface area contributed by atoms with Gasteiger partial charge in [0.1, 0.15) is 11.8 Å². The zero-order chi connectivity index (χ0) is 19.9. The van der Waals surface area contributed by atoms with Crippen LogP contribution in [0.1, 0.15) is 6.92 Å². The Labute approximate surface area is 163 Å². The van der Waals surface area contributed by atoms with E-state index in [4.69, 9.17) is 4.74 Å². The highest BCUT2D eigenvalue weighted by molar-refractivity contribution is 5.97. The van der Waals surface area contributed by atoms with E-state index < -0.39 is 6.04 Å². The van der Waals surface area contributed by atoms with Gasteiger partial charge in [-0.1, -0.05) is 12.1 Å². The van der Waals surface area contributed by atoms with Crippen LogP contribution in [0.15, 0.2) is 42.7 Å². The van der Waals surface area contributed by atoms with Gasteiger partial charge in [-0.3, -0.25) is 4.79 Å². The van der Waals surface area contributed by atoms with E-state index in [0.29, 0.717) is 43.6 Å². The third kappa shape index (κ3) is 4.67. The van der Waals surface area contributed by atoms with Crippen LogP contribution < -0.4 is 20.3 Å². The molecule has 2 heterocycles. The summed E-state index contributed by atoms with van der Waals surface area (Å²) in [5.41, 5.74) is 0.563. The van der Waals surface area contributed by atoms with Crippen LogP contribution in [0.3, 0.4) is 0 Å². The fourth-order valence-electron chi connectivity index (χ4n) is 2.90. The Kier molecular flexibility index (Phi) is 6.25. The van der Waals surface area contributed by atoms with Gasteiger partial charge in [-0.25, -0.2) is 14.8 Å². The second-order valence-corrected chi connectivity index (χ2v) is 6.38. The summed E-state index contributed by atoms with van der Waals surface area (Å²) in [6.07, 6.45) is 3.40. The van der Waals surface area contributed by atoms with Crippen molar-refractivity contribution in [2.75, 3.05) is 43.5 Å². The molecule has 0 saturated carbocycles. The summed E-state index contributed by atoms with van der Waals surface area (Å²) in [5, 5.41) is 5.52. The number of hydrogen-bond acceptors (Lipinski definition) is 6. The van der Waals surface area contributed by atoms with Gasteiger partial charge < -0.3 is 25.2 Å². The summed E-state index contributed by atoms with van der Waals surface area (Å²) in [4.78, 5) is 37.1. The second kappa shape index (κ2) is 9.03. The fourth-order valence-corrected chi connectivity index (χ4v) is 2.90. The minimum absolute atomic E-state index is 0.267. The van der Waals surface area contributed by atoms with Crippen molar-refractivity contribution in [3.8, 4) is 5.75 Å². The van der Waals surface area contributed by atoms with Crippen LogP contribution in [-0.4, -0.2) is 66.1 Å². The van der Waals surface area contributed by atoms with Crippen LogP contribution in [0.25, 0.3) is 0 Å². The molecule has 0 unspecified atom stereocenters. The van der Waals surface area contributed by atoms with Crippen molar-refractivity contribution in [3.63, 3.8) is 0 Å². The molecule has 3 rings (SSSR count). The molecule has 0 spiro atoms. The quantitative estimate of drug-likeness (QED) is 0.807. The molecule has 148 valence electrons. The van der Waals surface area contributed by atoms with Crippen LogP contribution in [0.5, 0.6) is 5.75 Å². The molecule has 0 radical (unpaired) electrons. The maximum absolute atomic E-state index is 12.5. The average Bonchev–Trinajstić information content (AvgIpc) is 2.74. The Balaban J connectivity index is 1.50. The zero-order valence-electron chi connectivity index (χ0n) is 16.0. The molecule has 0 aliphatic carbocycles. The van der Waals surface area contributed by atoms with Crippen LogP contribution in [0.2, 0.25) is 0 Å². The largest absolute Gasteiger partial charge is 0.495 e. The van der Waals surface area contributed by atoms with E-state index in [-0.39, 0.29) is 11.9 Å². The Bertz CT molecular complexity index is 808. The first-order valence-corrected chi connectivity index (χ1v) is 9.10. The molecule has 3 amide bonds. The molecule has 2 aromatic rings. The van der Waals surface area contributed by atoms with Gasteiger partial charge in [0.25, 0.3) is 0 Å². The van der Waals surface area contributed by atoms with Gasteiger partial charge in [0, 0.05) is 38.6 Å². The summed E-state index contributed by atoms with van der Waals surface area (Å²) in [6.45, 7) is 3.99. The number of amides is 3. The molecule has 1 saturated heterocycles. The van der Waals surface area contributed by atoms with Crippen molar-refractivity contribution in [3.05, 3.63) is 42.7 Å². The third-order valence-corrected chi connectivity index (χ3v) is 4.50. The van der Waals surface area contributed by atoms with Gasteiger partial charge in [0.2, 0.25) is 11.9 Å². The smallest absolute Gasteiger partial charge is 0.318 e. The number of methoxy groups -OCH3 is 1. The van der Waals surface area contributed by atoms with Crippen LogP contribution in [0, 0.1) is 0 Å². The SMILES string of the molecule is COc1ccccc1NC(=O)[C@@H](C)NC(=O)N1CCN(c2ncccn2)CC1. The van der Waals surface area contributed by atoms with E-state index in [0.717, 1.165) is 0 Å². The molecule has 9 heteroatoms. The van der Waals surface area contributed by atoms with Crippen molar-refractivity contribution in [2.24, 2.45) is 0 Å². The monoisotopic (exact) mass is 384 g/mol. The predicted molar refractivity (Wildman–Crippen MR) is 105 cm³/mol. The van der Waals surface area contributed by atoms with E-state index in [2.05, 4.69) is 20.6 Å². The number of carbonyl (C=O) groups is 2. The number of urea groups is 1. The number of hydrogen-bond donors (Lipinski definition) is 2. The average molecular weight is 384 g/mol. The van der Waals surface area contributed by atoms with Crippen molar-refractivity contribution < 1.29 is 14.3 Å². The van der Waals surface area contributed by atoms with E-state index in [1.807, 2.05) is 11.0 Å². The van der Waals surface area contributed by atoms with Gasteiger partial charge in [0.15, 0.2) is 0 Å². The van der Waals surface area contributed by atoms with Gasteiger partial charge >= 0.3 is 6.03 Å². The third-order valence-electron chi connectivity index (χ3n) is 4.50. The number of anilines is 2. The van der Waals surface area contributed by atoms with Gasteiger partial charge in [-0.05, 0) is 25.1 Å². The molecule has 1 atom stereocenters. The minimum Gasteiger partial charge on any atom is -0.495 e. The van der Waals surface area contributed by atoms with Crippen LogP contribution >= 0.6 is 0 Å². The lowest BCUT2D eigenvalue weighted by Crippen LogP contribution is -2.55. The normalized spacial score (nSPS) is 14.9. The summed E-state index contributed by atoms with van der Waals surface area (Å²) < 4.78 is 5.22. The van der Waals surface area contributed by atoms with Crippen molar-refractivity contribution in [1.82, 2.24) is 20.2 Å². The fraction of sp³-hybridized carbons (Fsp3) is 0.368. The molecular formula is C19H24N6O3. The number of aromatic nitrogens is 2. The van der Waals surface area contributed by atoms with Gasteiger partial charge in [-0.2, -0.15) is 0 Å². The molecule has 1 aromatic carbocycles. The molecular weight excluding hydrogens is 360 g/mol. The van der Waals surface area contributed by atoms with Gasteiger partial charge in [0.05, 0.1) is 12.8 Å². The first-order chi connectivity index (χ1) is 13.6. The molecule has 1 aliphatic rings. The summed E-state index contributed by atoms with van der Waals surface area (Å²) in [7, 11) is 1.54. The molecule has 1 aromatic heterocycles. The number of carbonyl (C=O) groups excluding carboxylic acids is 2. The maximum atomic E-state index is 12.5.